The van der Waals surface area contributed by atoms with Crippen LogP contribution in [-0.2, 0) is 0 Å². The van der Waals surface area contributed by atoms with Crippen LogP contribution < -0.4 is 11.1 Å². The molecule has 3 N–H and O–H groups in total. The zero-order chi connectivity index (χ0) is 13.4. The van der Waals surface area contributed by atoms with Crippen molar-refractivity contribution in [2.24, 2.45) is 5.73 Å². The Morgan fingerprint density at radius 1 is 1.61 bits per heavy atom. The molecule has 0 bridgehead atoms. The van der Waals surface area contributed by atoms with Gasteiger partial charge in [-0.1, -0.05) is 18.8 Å². The third-order valence-electron chi connectivity index (χ3n) is 2.38. The molecule has 1 unspecified atom stereocenters. The molecule has 5 heteroatoms. The van der Waals surface area contributed by atoms with Gasteiger partial charge in [0.25, 0.3) is 5.91 Å². The summed E-state index contributed by atoms with van der Waals surface area (Å²) < 4.78 is 0. The second kappa shape index (κ2) is 8.20. The highest BCUT2D eigenvalue weighted by Gasteiger charge is 2.08. The SMILES string of the molecule is CSC(C)CCNC(=O)c1ccc(C#CCN)s1. The van der Waals surface area contributed by atoms with Gasteiger partial charge in [-0.25, -0.2) is 0 Å². The maximum absolute atomic E-state index is 11.8. The fourth-order valence-corrected chi connectivity index (χ4v) is 2.41. The molecule has 0 fully saturated rings. The summed E-state index contributed by atoms with van der Waals surface area (Å²) in [7, 11) is 0. The predicted molar refractivity (Wildman–Crippen MR) is 80.2 cm³/mol. The van der Waals surface area contributed by atoms with Crippen LogP contribution in [-0.4, -0.2) is 30.5 Å². The fraction of sp³-hybridized carbons (Fsp3) is 0.462. The molecule has 1 rings (SSSR count). The number of rotatable bonds is 5. The molecule has 1 aromatic rings. The number of hydrogen-bond donors (Lipinski definition) is 2. The van der Waals surface area contributed by atoms with E-state index in [4.69, 9.17) is 5.73 Å². The van der Waals surface area contributed by atoms with Crippen LogP contribution in [0.2, 0.25) is 0 Å². The van der Waals surface area contributed by atoms with Crippen molar-refractivity contribution < 1.29 is 4.79 Å². The molecular formula is C13H18N2OS2. The van der Waals surface area contributed by atoms with Gasteiger partial charge in [-0.05, 0) is 24.8 Å². The summed E-state index contributed by atoms with van der Waals surface area (Å²) in [5.74, 6) is 5.68. The Morgan fingerprint density at radius 3 is 3.06 bits per heavy atom. The molecule has 0 spiro atoms. The van der Waals surface area contributed by atoms with Crippen LogP contribution in [0.4, 0.5) is 0 Å². The molecule has 18 heavy (non-hydrogen) atoms. The number of carbonyl (C=O) groups is 1. The average molecular weight is 282 g/mol. The van der Waals surface area contributed by atoms with Crippen LogP contribution in [0, 0.1) is 11.8 Å². The molecule has 3 nitrogen and oxygen atoms in total. The third-order valence-corrected chi connectivity index (χ3v) is 4.42. The van der Waals surface area contributed by atoms with Crippen molar-refractivity contribution in [3.05, 3.63) is 21.9 Å². The van der Waals surface area contributed by atoms with Crippen LogP contribution >= 0.6 is 23.1 Å². The minimum Gasteiger partial charge on any atom is -0.351 e. The van der Waals surface area contributed by atoms with Crippen molar-refractivity contribution >= 4 is 29.0 Å². The monoisotopic (exact) mass is 282 g/mol. The lowest BCUT2D eigenvalue weighted by Gasteiger charge is -2.08. The standard InChI is InChI=1S/C13H18N2OS2/c1-10(17-2)7-9-15-13(16)12-6-5-11(18-12)4-3-8-14/h5-6,10H,7-9,14H2,1-2H3,(H,15,16). The zero-order valence-electron chi connectivity index (χ0n) is 10.7. The van der Waals surface area contributed by atoms with Crippen LogP contribution in [0.3, 0.4) is 0 Å². The van der Waals surface area contributed by atoms with Gasteiger partial charge in [-0.2, -0.15) is 11.8 Å². The van der Waals surface area contributed by atoms with Crippen molar-refractivity contribution in [1.29, 1.82) is 0 Å². The molecule has 98 valence electrons. The first-order chi connectivity index (χ1) is 8.67. The third kappa shape index (κ3) is 5.13. The molecule has 1 amide bonds. The van der Waals surface area contributed by atoms with Crippen LogP contribution in [0.5, 0.6) is 0 Å². The highest BCUT2D eigenvalue weighted by Crippen LogP contribution is 2.15. The zero-order valence-corrected chi connectivity index (χ0v) is 12.3. The maximum atomic E-state index is 11.8. The van der Waals surface area contributed by atoms with Crippen LogP contribution in [0.25, 0.3) is 0 Å². The van der Waals surface area contributed by atoms with Gasteiger partial charge in [0.05, 0.1) is 16.3 Å². The number of amides is 1. The Hall–Kier alpha value is -0.960. The number of carbonyl (C=O) groups excluding carboxylic acids is 1. The summed E-state index contributed by atoms with van der Waals surface area (Å²) in [6.45, 7) is 3.21. The van der Waals surface area contributed by atoms with Crippen LogP contribution in [0.1, 0.15) is 27.9 Å². The van der Waals surface area contributed by atoms with Crippen molar-refractivity contribution in [3.63, 3.8) is 0 Å². The molecule has 0 aliphatic carbocycles. The topological polar surface area (TPSA) is 55.1 Å². The summed E-state index contributed by atoms with van der Waals surface area (Å²) in [6, 6.07) is 3.66. The molecule has 0 radical (unpaired) electrons. The summed E-state index contributed by atoms with van der Waals surface area (Å²) in [5.41, 5.74) is 5.30. The minimum absolute atomic E-state index is 0.0194. The van der Waals surface area contributed by atoms with Gasteiger partial charge in [0.15, 0.2) is 0 Å². The first-order valence-electron chi connectivity index (χ1n) is 5.77. The minimum atomic E-state index is -0.0194. The van der Waals surface area contributed by atoms with Crippen molar-refractivity contribution in [2.75, 3.05) is 19.3 Å². The Morgan fingerprint density at radius 2 is 2.39 bits per heavy atom. The molecule has 1 atom stereocenters. The lowest BCUT2D eigenvalue weighted by atomic mass is 10.3. The molecular weight excluding hydrogens is 264 g/mol. The van der Waals surface area contributed by atoms with Crippen molar-refractivity contribution in [1.82, 2.24) is 5.32 Å². The number of nitrogens with one attached hydrogen (secondary N) is 1. The maximum Gasteiger partial charge on any atom is 0.261 e. The van der Waals surface area contributed by atoms with E-state index in [9.17, 15) is 4.79 Å². The second-order valence-electron chi connectivity index (χ2n) is 3.76. The van der Waals surface area contributed by atoms with Gasteiger partial charge >= 0.3 is 0 Å². The quantitative estimate of drug-likeness (QED) is 0.811. The number of hydrogen-bond acceptors (Lipinski definition) is 4. The average Bonchev–Trinajstić information content (AvgIpc) is 2.84. The summed E-state index contributed by atoms with van der Waals surface area (Å²) in [6.07, 6.45) is 3.06. The normalized spacial score (nSPS) is 11.5. The number of thiophene rings is 1. The lowest BCUT2D eigenvalue weighted by Crippen LogP contribution is -2.25. The molecule has 0 aromatic carbocycles. The van der Waals surface area contributed by atoms with E-state index in [2.05, 4.69) is 30.3 Å². The largest absolute Gasteiger partial charge is 0.351 e. The number of nitrogens with two attached hydrogens (primary N) is 1. The predicted octanol–water partition coefficient (Wildman–Crippen LogP) is 1.93. The van der Waals surface area contributed by atoms with Gasteiger partial charge in [-0.15, -0.1) is 11.3 Å². The van der Waals surface area contributed by atoms with Gasteiger partial charge < -0.3 is 11.1 Å². The Labute approximate surface area is 117 Å². The van der Waals surface area contributed by atoms with E-state index < -0.39 is 0 Å². The van der Waals surface area contributed by atoms with E-state index in [1.807, 2.05) is 6.07 Å². The molecule has 0 aliphatic heterocycles. The van der Waals surface area contributed by atoms with E-state index in [1.54, 1.807) is 17.8 Å². The summed E-state index contributed by atoms with van der Waals surface area (Å²) in [4.78, 5) is 13.4. The van der Waals surface area contributed by atoms with E-state index in [0.717, 1.165) is 11.3 Å². The fourth-order valence-electron chi connectivity index (χ4n) is 1.26. The van der Waals surface area contributed by atoms with Gasteiger partial charge in [0.1, 0.15) is 0 Å². The summed E-state index contributed by atoms with van der Waals surface area (Å²) >= 11 is 3.21. The Bertz CT molecular complexity index is 445. The van der Waals surface area contributed by atoms with Gasteiger partial charge in [-0.3, -0.25) is 4.79 Å². The first-order valence-corrected chi connectivity index (χ1v) is 7.87. The molecule has 0 aliphatic rings. The first kappa shape index (κ1) is 15.1. The molecule has 0 saturated carbocycles. The second-order valence-corrected chi connectivity index (χ2v) is 6.12. The van der Waals surface area contributed by atoms with Crippen molar-refractivity contribution in [2.45, 2.75) is 18.6 Å². The molecule has 1 heterocycles. The lowest BCUT2D eigenvalue weighted by molar-refractivity contribution is 0.0957. The van der Waals surface area contributed by atoms with E-state index in [0.29, 0.717) is 23.2 Å². The van der Waals surface area contributed by atoms with E-state index >= 15 is 0 Å². The highest BCUT2D eigenvalue weighted by molar-refractivity contribution is 7.99. The molecule has 1 aromatic heterocycles. The van der Waals surface area contributed by atoms with E-state index in [-0.39, 0.29) is 5.91 Å². The summed E-state index contributed by atoms with van der Waals surface area (Å²) in [5, 5.41) is 3.49. The Kier molecular flexibility index (Phi) is 6.88. The van der Waals surface area contributed by atoms with E-state index in [1.165, 1.54) is 11.3 Å². The van der Waals surface area contributed by atoms with Crippen molar-refractivity contribution in [3.8, 4) is 11.8 Å². The highest BCUT2D eigenvalue weighted by atomic mass is 32.2. The van der Waals surface area contributed by atoms with Gasteiger partial charge in [0, 0.05) is 11.8 Å². The number of thioether (sulfide) groups is 1. The smallest absolute Gasteiger partial charge is 0.261 e. The Balaban J connectivity index is 2.44. The van der Waals surface area contributed by atoms with Gasteiger partial charge in [0.2, 0.25) is 0 Å². The molecule has 0 saturated heterocycles. The van der Waals surface area contributed by atoms with Crippen LogP contribution in [0.15, 0.2) is 12.1 Å².